The lowest BCUT2D eigenvalue weighted by Crippen LogP contribution is -2.28. The summed E-state index contributed by atoms with van der Waals surface area (Å²) in [5, 5.41) is 3.28. The fourth-order valence-corrected chi connectivity index (χ4v) is 3.32. The van der Waals surface area contributed by atoms with Gasteiger partial charge in [-0.2, -0.15) is 0 Å². The summed E-state index contributed by atoms with van der Waals surface area (Å²) in [6, 6.07) is 12.4. The van der Waals surface area contributed by atoms with Crippen molar-refractivity contribution in [2.75, 3.05) is 32.6 Å². The Kier molecular flexibility index (Phi) is 6.10. The zero-order valence-corrected chi connectivity index (χ0v) is 16.7. The fourth-order valence-electron chi connectivity index (χ4n) is 2.43. The number of nitrogens with one attached hydrogen (secondary N) is 1. The van der Waals surface area contributed by atoms with E-state index < -0.39 is 0 Å². The summed E-state index contributed by atoms with van der Waals surface area (Å²) in [5.41, 5.74) is 1.12. The van der Waals surface area contributed by atoms with Crippen LogP contribution >= 0.6 is 11.3 Å². The molecule has 1 N–H and O–H groups in total. The van der Waals surface area contributed by atoms with Crippen LogP contribution in [0.4, 0.5) is 5.13 Å². The number of hydrogen-bond acceptors (Lipinski definition) is 6. The second kappa shape index (κ2) is 8.71. The van der Waals surface area contributed by atoms with Gasteiger partial charge in [-0.15, -0.1) is 0 Å². The van der Waals surface area contributed by atoms with Crippen molar-refractivity contribution < 1.29 is 19.1 Å². The van der Waals surface area contributed by atoms with Gasteiger partial charge in [0.25, 0.3) is 11.8 Å². The van der Waals surface area contributed by atoms with E-state index in [9.17, 15) is 9.59 Å². The molecule has 3 aromatic rings. The molecule has 2 amide bonds. The molecule has 28 heavy (non-hydrogen) atoms. The summed E-state index contributed by atoms with van der Waals surface area (Å²) in [7, 11) is 3.29. The van der Waals surface area contributed by atoms with E-state index in [0.717, 1.165) is 16.0 Å². The Bertz CT molecular complexity index is 1000. The van der Waals surface area contributed by atoms with Crippen molar-refractivity contribution in [1.29, 1.82) is 0 Å². The summed E-state index contributed by atoms with van der Waals surface area (Å²) in [6.07, 6.45) is 0. The summed E-state index contributed by atoms with van der Waals surface area (Å²) in [4.78, 5) is 30.3. The Morgan fingerprint density at radius 1 is 1.14 bits per heavy atom. The molecule has 0 unspecified atom stereocenters. The van der Waals surface area contributed by atoms with Gasteiger partial charge in [-0.25, -0.2) is 4.98 Å². The Labute approximate surface area is 166 Å². The average molecular weight is 399 g/mol. The molecule has 1 heterocycles. The van der Waals surface area contributed by atoms with Crippen LogP contribution < -0.4 is 14.8 Å². The highest BCUT2D eigenvalue weighted by atomic mass is 32.1. The van der Waals surface area contributed by atoms with E-state index >= 15 is 0 Å². The number of rotatable bonds is 7. The first-order valence-corrected chi connectivity index (χ1v) is 9.56. The van der Waals surface area contributed by atoms with Gasteiger partial charge in [-0.1, -0.05) is 23.5 Å². The average Bonchev–Trinajstić information content (AvgIpc) is 3.07. The number of fused-ring (bicyclic) bond motifs is 1. The molecule has 1 aromatic heterocycles. The highest BCUT2D eigenvalue weighted by Gasteiger charge is 2.16. The van der Waals surface area contributed by atoms with Crippen LogP contribution in [0.1, 0.15) is 17.3 Å². The van der Waals surface area contributed by atoms with Crippen molar-refractivity contribution in [3.63, 3.8) is 0 Å². The predicted molar refractivity (Wildman–Crippen MR) is 109 cm³/mol. The molecule has 0 aliphatic rings. The topological polar surface area (TPSA) is 80.8 Å². The number of carbonyl (C=O) groups is 2. The first-order chi connectivity index (χ1) is 13.5. The van der Waals surface area contributed by atoms with Crippen LogP contribution in [0.3, 0.4) is 0 Å². The van der Waals surface area contributed by atoms with E-state index in [4.69, 9.17) is 9.47 Å². The third kappa shape index (κ3) is 4.58. The quantitative estimate of drug-likeness (QED) is 0.658. The summed E-state index contributed by atoms with van der Waals surface area (Å²) < 4.78 is 12.0. The van der Waals surface area contributed by atoms with Gasteiger partial charge in [0.1, 0.15) is 11.5 Å². The molecule has 0 bridgehead atoms. The summed E-state index contributed by atoms with van der Waals surface area (Å²) >= 11 is 1.36. The van der Waals surface area contributed by atoms with Crippen molar-refractivity contribution >= 4 is 38.5 Å². The smallest absolute Gasteiger partial charge is 0.261 e. The zero-order valence-electron chi connectivity index (χ0n) is 15.9. The van der Waals surface area contributed by atoms with E-state index in [1.54, 1.807) is 38.4 Å². The maximum atomic E-state index is 12.7. The minimum atomic E-state index is -0.350. The highest BCUT2D eigenvalue weighted by molar-refractivity contribution is 7.22. The molecule has 0 saturated carbocycles. The first kappa shape index (κ1) is 19.6. The molecule has 0 atom stereocenters. The van der Waals surface area contributed by atoms with E-state index in [-0.39, 0.29) is 18.4 Å². The minimum absolute atomic E-state index is 0.140. The molecule has 2 aromatic carbocycles. The molecular weight excluding hydrogens is 378 g/mol. The number of ether oxygens (including phenoxy) is 2. The molecule has 0 fully saturated rings. The maximum Gasteiger partial charge on any atom is 0.261 e. The molecule has 0 aliphatic heterocycles. The Morgan fingerprint density at radius 2 is 1.93 bits per heavy atom. The third-order valence-electron chi connectivity index (χ3n) is 3.87. The van der Waals surface area contributed by atoms with Crippen LogP contribution in [0.2, 0.25) is 0 Å². The van der Waals surface area contributed by atoms with Crippen LogP contribution in [0.25, 0.3) is 10.2 Å². The second-order valence-corrected chi connectivity index (χ2v) is 7.14. The SMILES string of the molecule is CCOc1ccc2nc(NC(=O)c3ccccc3OCC(=O)N(C)C)sc2c1. The first-order valence-electron chi connectivity index (χ1n) is 8.74. The van der Waals surface area contributed by atoms with Crippen LogP contribution in [-0.2, 0) is 4.79 Å². The number of anilines is 1. The van der Waals surface area contributed by atoms with Gasteiger partial charge in [0.05, 0.1) is 22.4 Å². The molecular formula is C20H21N3O4S. The van der Waals surface area contributed by atoms with Crippen LogP contribution in [0.5, 0.6) is 11.5 Å². The predicted octanol–water partition coefficient (Wildman–Crippen LogP) is 3.41. The molecule has 146 valence electrons. The highest BCUT2D eigenvalue weighted by Crippen LogP contribution is 2.30. The number of amides is 2. The van der Waals surface area contributed by atoms with Crippen molar-refractivity contribution in [3.05, 3.63) is 48.0 Å². The minimum Gasteiger partial charge on any atom is -0.494 e. The molecule has 0 radical (unpaired) electrons. The van der Waals surface area contributed by atoms with Gasteiger partial charge in [-0.05, 0) is 37.3 Å². The number of carbonyl (C=O) groups excluding carboxylic acids is 2. The lowest BCUT2D eigenvalue weighted by molar-refractivity contribution is -0.130. The van der Waals surface area contributed by atoms with Crippen molar-refractivity contribution in [3.8, 4) is 11.5 Å². The largest absolute Gasteiger partial charge is 0.494 e. The summed E-state index contributed by atoms with van der Waals surface area (Å²) in [5.74, 6) is 0.569. The molecule has 8 heteroatoms. The van der Waals surface area contributed by atoms with Crippen molar-refractivity contribution in [2.24, 2.45) is 0 Å². The number of benzene rings is 2. The van der Waals surface area contributed by atoms with Gasteiger partial charge in [0.2, 0.25) is 0 Å². The Balaban J connectivity index is 1.76. The van der Waals surface area contributed by atoms with Gasteiger partial charge in [0.15, 0.2) is 11.7 Å². The molecule has 3 rings (SSSR count). The number of hydrogen-bond donors (Lipinski definition) is 1. The van der Waals surface area contributed by atoms with Crippen LogP contribution in [0, 0.1) is 0 Å². The zero-order chi connectivity index (χ0) is 20.1. The van der Waals surface area contributed by atoms with Crippen LogP contribution in [-0.4, -0.2) is 49.0 Å². The number of thiazole rings is 1. The fraction of sp³-hybridized carbons (Fsp3) is 0.250. The van der Waals surface area contributed by atoms with Crippen molar-refractivity contribution in [1.82, 2.24) is 9.88 Å². The summed E-state index contributed by atoms with van der Waals surface area (Å²) in [6.45, 7) is 2.37. The number of nitrogens with zero attached hydrogens (tertiary/aromatic N) is 2. The van der Waals surface area contributed by atoms with E-state index in [1.165, 1.54) is 16.2 Å². The lowest BCUT2D eigenvalue weighted by Gasteiger charge is -2.13. The van der Waals surface area contributed by atoms with Gasteiger partial charge in [-0.3, -0.25) is 14.9 Å². The van der Waals surface area contributed by atoms with Gasteiger partial charge < -0.3 is 14.4 Å². The molecule has 0 spiro atoms. The molecule has 0 aliphatic carbocycles. The maximum absolute atomic E-state index is 12.7. The van der Waals surface area contributed by atoms with Crippen molar-refractivity contribution in [2.45, 2.75) is 6.92 Å². The van der Waals surface area contributed by atoms with Gasteiger partial charge in [0, 0.05) is 14.1 Å². The molecule has 7 nitrogen and oxygen atoms in total. The van der Waals surface area contributed by atoms with E-state index in [0.29, 0.717) is 23.1 Å². The number of para-hydroxylation sites is 1. The Morgan fingerprint density at radius 3 is 2.68 bits per heavy atom. The number of aromatic nitrogens is 1. The third-order valence-corrected chi connectivity index (χ3v) is 4.81. The second-order valence-electron chi connectivity index (χ2n) is 6.11. The molecule has 0 saturated heterocycles. The monoisotopic (exact) mass is 399 g/mol. The Hall–Kier alpha value is -3.13. The number of likely N-dealkylation sites (N-methyl/N-ethyl adjacent to an activating group) is 1. The lowest BCUT2D eigenvalue weighted by atomic mass is 10.2. The normalized spacial score (nSPS) is 10.5. The van der Waals surface area contributed by atoms with Gasteiger partial charge >= 0.3 is 0 Å². The van der Waals surface area contributed by atoms with E-state index in [2.05, 4.69) is 10.3 Å². The van der Waals surface area contributed by atoms with Crippen LogP contribution in [0.15, 0.2) is 42.5 Å². The van der Waals surface area contributed by atoms with E-state index in [1.807, 2.05) is 25.1 Å². The standard InChI is InChI=1S/C20H21N3O4S/c1-4-26-13-9-10-15-17(11-13)28-20(21-15)22-19(25)14-7-5-6-8-16(14)27-12-18(24)23(2)3/h5-11H,4,12H2,1-3H3,(H,21,22,25).